The van der Waals surface area contributed by atoms with Crippen LogP contribution in [0.15, 0.2) is 36.4 Å². The van der Waals surface area contributed by atoms with E-state index >= 15 is 0 Å². The van der Waals surface area contributed by atoms with Crippen molar-refractivity contribution in [2.45, 2.75) is 48.8 Å². The maximum absolute atomic E-state index is 10.4. The first kappa shape index (κ1) is 22.7. The number of aliphatic hydroxyl groups is 4. The van der Waals surface area contributed by atoms with Crippen molar-refractivity contribution in [1.29, 1.82) is 0 Å². The van der Waals surface area contributed by atoms with E-state index < -0.39 is 29.0 Å². The van der Waals surface area contributed by atoms with Crippen molar-refractivity contribution in [3.05, 3.63) is 63.1 Å². The molecule has 8 heteroatoms. The molecule has 3 rings (SSSR count). The summed E-state index contributed by atoms with van der Waals surface area (Å²) < 4.78 is 5.99. The third kappa shape index (κ3) is 5.20. The lowest BCUT2D eigenvalue weighted by Gasteiger charge is -2.39. The Kier molecular flexibility index (Phi) is 7.73. The molecule has 5 nitrogen and oxygen atoms in total. The molecule has 0 aliphatic carbocycles. The van der Waals surface area contributed by atoms with Gasteiger partial charge in [0.15, 0.2) is 5.44 Å². The first-order valence-corrected chi connectivity index (χ1v) is 11.1. The third-order valence-corrected chi connectivity index (χ3v) is 6.91. The highest BCUT2D eigenvalue weighted by Gasteiger charge is 2.44. The zero-order chi connectivity index (χ0) is 21.1. The molecule has 1 fully saturated rings. The fraction of sp³-hybridized carbons (Fsp3) is 0.429. The summed E-state index contributed by atoms with van der Waals surface area (Å²) in [6.45, 7) is 1.73. The van der Waals surface area contributed by atoms with Gasteiger partial charge in [-0.3, -0.25) is 0 Å². The van der Waals surface area contributed by atoms with Gasteiger partial charge in [-0.15, -0.1) is 11.8 Å². The minimum absolute atomic E-state index is 0.284. The number of thioether (sulfide) groups is 1. The van der Waals surface area contributed by atoms with Gasteiger partial charge in [0.2, 0.25) is 0 Å². The van der Waals surface area contributed by atoms with Crippen molar-refractivity contribution in [3.63, 3.8) is 0 Å². The third-order valence-electron chi connectivity index (χ3n) is 4.99. The summed E-state index contributed by atoms with van der Waals surface area (Å²) in [6, 6.07) is 11.5. The summed E-state index contributed by atoms with van der Waals surface area (Å²) in [5.74, 6) is 0.354. The fourth-order valence-corrected chi connectivity index (χ4v) is 5.08. The van der Waals surface area contributed by atoms with E-state index in [-0.39, 0.29) is 11.6 Å². The average molecular weight is 459 g/mol. The lowest BCUT2D eigenvalue weighted by atomic mass is 10.0. The molecule has 0 radical (unpaired) electrons. The second kappa shape index (κ2) is 9.88. The first-order valence-electron chi connectivity index (χ1n) is 9.37. The summed E-state index contributed by atoms with van der Waals surface area (Å²) in [5, 5.41) is 40.0. The van der Waals surface area contributed by atoms with Gasteiger partial charge in [0.1, 0.15) is 18.0 Å². The molecule has 29 heavy (non-hydrogen) atoms. The largest absolute Gasteiger partial charge is 0.475 e. The SMILES string of the molecule is CCc1ccc(Cc2cc(Cl)cc(Cl)c2OC2SC(CO)C(O)C(O)C2O)cc1. The minimum atomic E-state index is -1.44. The van der Waals surface area contributed by atoms with E-state index in [1.165, 1.54) is 5.56 Å². The zero-order valence-corrected chi connectivity index (χ0v) is 18.2. The van der Waals surface area contributed by atoms with Crippen LogP contribution < -0.4 is 4.74 Å². The van der Waals surface area contributed by atoms with E-state index in [4.69, 9.17) is 27.9 Å². The summed E-state index contributed by atoms with van der Waals surface area (Å²) >= 11 is 13.6. The summed E-state index contributed by atoms with van der Waals surface area (Å²) in [6.07, 6.45) is -2.57. The predicted molar refractivity (Wildman–Crippen MR) is 116 cm³/mol. The standard InChI is InChI=1S/C21H24Cl2O5S/c1-2-11-3-5-12(6-4-11)7-13-8-14(22)9-15(23)20(13)28-21-19(27)18(26)17(25)16(10-24)29-21/h3-6,8-9,16-19,21,24-27H,2,7,10H2,1H3. The van der Waals surface area contributed by atoms with Gasteiger partial charge in [-0.05, 0) is 29.7 Å². The molecule has 2 aromatic rings. The van der Waals surface area contributed by atoms with Crippen molar-refractivity contribution in [1.82, 2.24) is 0 Å². The highest BCUT2D eigenvalue weighted by atomic mass is 35.5. The van der Waals surface area contributed by atoms with Gasteiger partial charge in [-0.25, -0.2) is 0 Å². The smallest absolute Gasteiger partial charge is 0.173 e. The molecule has 0 saturated carbocycles. The van der Waals surface area contributed by atoms with Crippen molar-refractivity contribution >= 4 is 35.0 Å². The Labute approximate surface area is 184 Å². The van der Waals surface area contributed by atoms with E-state index in [0.717, 1.165) is 29.3 Å². The summed E-state index contributed by atoms with van der Waals surface area (Å²) in [4.78, 5) is 0. The highest BCUT2D eigenvalue weighted by Crippen LogP contribution is 2.39. The van der Waals surface area contributed by atoms with Gasteiger partial charge in [0.25, 0.3) is 0 Å². The molecule has 5 unspecified atom stereocenters. The average Bonchev–Trinajstić information content (AvgIpc) is 2.71. The molecule has 5 atom stereocenters. The Bertz CT molecular complexity index is 831. The molecule has 0 amide bonds. The Morgan fingerprint density at radius 2 is 1.62 bits per heavy atom. The molecule has 158 valence electrons. The number of aliphatic hydroxyl groups excluding tert-OH is 4. The van der Waals surface area contributed by atoms with Crippen LogP contribution in [-0.4, -0.2) is 56.0 Å². The lowest BCUT2D eigenvalue weighted by molar-refractivity contribution is -0.0910. The molecule has 1 aliphatic rings. The van der Waals surface area contributed by atoms with Crippen LogP contribution in [0.4, 0.5) is 0 Å². The molecule has 1 aliphatic heterocycles. The summed E-state index contributed by atoms with van der Waals surface area (Å²) in [5.41, 5.74) is 2.11. The van der Waals surface area contributed by atoms with E-state index in [1.807, 2.05) is 12.1 Å². The molecular formula is C21H24Cl2O5S. The van der Waals surface area contributed by atoms with Gasteiger partial charge in [-0.1, -0.05) is 54.4 Å². The molecule has 0 aromatic heterocycles. The van der Waals surface area contributed by atoms with Crippen LogP contribution in [0, 0.1) is 0 Å². The van der Waals surface area contributed by atoms with E-state index in [2.05, 4.69) is 19.1 Å². The van der Waals surface area contributed by atoms with Gasteiger partial charge in [0.05, 0.1) is 23.0 Å². The van der Waals surface area contributed by atoms with E-state index in [9.17, 15) is 20.4 Å². The molecule has 1 saturated heterocycles. The lowest BCUT2D eigenvalue weighted by Crippen LogP contribution is -2.55. The maximum atomic E-state index is 10.4. The molecule has 0 spiro atoms. The monoisotopic (exact) mass is 458 g/mol. The second-order valence-electron chi connectivity index (χ2n) is 7.04. The van der Waals surface area contributed by atoms with Gasteiger partial charge < -0.3 is 25.2 Å². The number of hydrogen-bond donors (Lipinski definition) is 4. The van der Waals surface area contributed by atoms with Gasteiger partial charge in [0, 0.05) is 17.0 Å². The van der Waals surface area contributed by atoms with Crippen LogP contribution in [0.2, 0.25) is 10.0 Å². The topological polar surface area (TPSA) is 90.2 Å². The summed E-state index contributed by atoms with van der Waals surface area (Å²) in [7, 11) is 0. The number of ether oxygens (including phenoxy) is 1. The number of benzene rings is 2. The van der Waals surface area contributed by atoms with Crippen LogP contribution in [0.3, 0.4) is 0 Å². The minimum Gasteiger partial charge on any atom is -0.475 e. The van der Waals surface area contributed by atoms with Gasteiger partial charge >= 0.3 is 0 Å². The predicted octanol–water partition coefficient (Wildman–Crippen LogP) is 3.04. The Balaban J connectivity index is 1.88. The molecule has 1 heterocycles. The van der Waals surface area contributed by atoms with Crippen LogP contribution in [0.25, 0.3) is 0 Å². The number of rotatable bonds is 6. The number of halogens is 2. The Morgan fingerprint density at radius 1 is 0.966 bits per heavy atom. The highest BCUT2D eigenvalue weighted by molar-refractivity contribution is 8.00. The second-order valence-corrected chi connectivity index (χ2v) is 9.22. The van der Waals surface area contributed by atoms with Crippen LogP contribution >= 0.6 is 35.0 Å². The number of aryl methyl sites for hydroxylation is 1. The van der Waals surface area contributed by atoms with Crippen LogP contribution in [-0.2, 0) is 12.8 Å². The maximum Gasteiger partial charge on any atom is 0.173 e. The van der Waals surface area contributed by atoms with Crippen molar-refractivity contribution in [2.24, 2.45) is 0 Å². The van der Waals surface area contributed by atoms with Gasteiger partial charge in [-0.2, -0.15) is 0 Å². The van der Waals surface area contributed by atoms with E-state index in [0.29, 0.717) is 17.2 Å². The molecule has 2 aromatic carbocycles. The molecule has 4 N–H and O–H groups in total. The molecule has 0 bridgehead atoms. The first-order chi connectivity index (χ1) is 13.8. The van der Waals surface area contributed by atoms with Crippen molar-refractivity contribution in [3.8, 4) is 5.75 Å². The Morgan fingerprint density at radius 3 is 2.24 bits per heavy atom. The Hall–Kier alpha value is -0.990. The van der Waals surface area contributed by atoms with Crippen LogP contribution in [0.5, 0.6) is 5.75 Å². The van der Waals surface area contributed by atoms with Crippen molar-refractivity contribution < 1.29 is 25.2 Å². The number of hydrogen-bond acceptors (Lipinski definition) is 6. The fourth-order valence-electron chi connectivity index (χ4n) is 3.27. The van der Waals surface area contributed by atoms with Crippen molar-refractivity contribution in [2.75, 3.05) is 6.61 Å². The normalized spacial score (nSPS) is 27.1. The van der Waals surface area contributed by atoms with E-state index in [1.54, 1.807) is 12.1 Å². The molecular weight excluding hydrogens is 435 g/mol. The quantitative estimate of drug-likeness (QED) is 0.531. The zero-order valence-electron chi connectivity index (χ0n) is 15.8. The van der Waals surface area contributed by atoms with Crippen LogP contribution in [0.1, 0.15) is 23.6 Å².